The van der Waals surface area contributed by atoms with Crippen molar-refractivity contribution >= 4 is 21.9 Å². The molecule has 0 radical (unpaired) electrons. The molecule has 0 aliphatic carbocycles. The lowest BCUT2D eigenvalue weighted by atomic mass is 10.0. The Bertz CT molecular complexity index is 454. The van der Waals surface area contributed by atoms with E-state index in [-0.39, 0.29) is 5.60 Å². The Morgan fingerprint density at radius 1 is 1.65 bits per heavy atom. The van der Waals surface area contributed by atoms with E-state index in [2.05, 4.69) is 21.0 Å². The molecule has 1 aliphatic heterocycles. The van der Waals surface area contributed by atoms with E-state index in [1.54, 1.807) is 11.6 Å². The van der Waals surface area contributed by atoms with E-state index in [4.69, 9.17) is 9.47 Å². The molecule has 0 bridgehead atoms. The number of rotatable bonds is 2. The highest BCUT2D eigenvalue weighted by Crippen LogP contribution is 2.35. The zero-order valence-electron chi connectivity index (χ0n) is 10.1. The van der Waals surface area contributed by atoms with Gasteiger partial charge in [0.2, 0.25) is 5.88 Å². The Labute approximate surface area is 108 Å². The van der Waals surface area contributed by atoms with Crippen LogP contribution in [0, 0.1) is 0 Å². The summed E-state index contributed by atoms with van der Waals surface area (Å²) in [6, 6.07) is 0. The molecule has 0 atom stereocenters. The Morgan fingerprint density at radius 2 is 2.35 bits per heavy atom. The first-order chi connectivity index (χ1) is 7.94. The fraction of sp³-hybridized carbons (Fsp3) is 0.636. The van der Waals surface area contributed by atoms with E-state index < -0.39 is 5.97 Å². The molecule has 0 fully saturated rings. The summed E-state index contributed by atoms with van der Waals surface area (Å²) in [5, 5.41) is 4.23. The van der Waals surface area contributed by atoms with Crippen LogP contribution in [0.2, 0.25) is 0 Å². The van der Waals surface area contributed by atoms with Crippen molar-refractivity contribution in [2.24, 2.45) is 0 Å². The number of fused-ring (bicyclic) bond motifs is 1. The molecule has 0 saturated heterocycles. The molecule has 0 saturated carbocycles. The lowest BCUT2D eigenvalue weighted by Gasteiger charge is -2.31. The number of nitrogens with zero attached hydrogens (tertiary/aromatic N) is 2. The topological polar surface area (TPSA) is 53.3 Å². The molecule has 0 aromatic carbocycles. The van der Waals surface area contributed by atoms with Crippen molar-refractivity contribution in [3.63, 3.8) is 0 Å². The first-order valence-corrected chi connectivity index (χ1v) is 6.36. The largest absolute Gasteiger partial charge is 0.471 e. The summed E-state index contributed by atoms with van der Waals surface area (Å²) in [6.45, 7) is 6.82. The van der Waals surface area contributed by atoms with Crippen molar-refractivity contribution in [2.75, 3.05) is 6.61 Å². The number of carbonyl (C=O) groups excluding carboxylic acids is 1. The third kappa shape index (κ3) is 2.31. The molecular formula is C11H15BrN2O3. The standard InChI is InChI=1S/C11H15BrN2O3/c1-4-16-10(15)7-8(12)13-14-6-5-11(2,3)17-9(7)14/h4-6H2,1-3H3. The van der Waals surface area contributed by atoms with E-state index in [0.717, 1.165) is 13.0 Å². The average molecular weight is 303 g/mol. The highest BCUT2D eigenvalue weighted by molar-refractivity contribution is 9.10. The number of aromatic nitrogens is 2. The van der Waals surface area contributed by atoms with E-state index in [1.807, 2.05) is 13.8 Å². The minimum Gasteiger partial charge on any atom is -0.471 e. The summed E-state index contributed by atoms with van der Waals surface area (Å²) in [5.41, 5.74) is 0.0936. The van der Waals surface area contributed by atoms with Crippen molar-refractivity contribution in [1.82, 2.24) is 9.78 Å². The fourth-order valence-corrected chi connectivity index (χ4v) is 2.26. The predicted molar refractivity (Wildman–Crippen MR) is 65.2 cm³/mol. The Balaban J connectivity index is 2.40. The molecule has 1 aromatic heterocycles. The van der Waals surface area contributed by atoms with Crippen LogP contribution >= 0.6 is 15.9 Å². The Hall–Kier alpha value is -1.04. The van der Waals surface area contributed by atoms with Gasteiger partial charge >= 0.3 is 5.97 Å². The number of hydrogen-bond acceptors (Lipinski definition) is 4. The second-order valence-electron chi connectivity index (χ2n) is 4.53. The van der Waals surface area contributed by atoms with Gasteiger partial charge in [-0.05, 0) is 36.7 Å². The monoisotopic (exact) mass is 302 g/mol. The maximum absolute atomic E-state index is 11.8. The van der Waals surface area contributed by atoms with E-state index in [9.17, 15) is 4.79 Å². The second-order valence-corrected chi connectivity index (χ2v) is 5.28. The summed E-state index contributed by atoms with van der Waals surface area (Å²) >= 11 is 3.27. The molecule has 1 aliphatic rings. The predicted octanol–water partition coefficient (Wildman–Crippen LogP) is 2.38. The average Bonchev–Trinajstić information content (AvgIpc) is 2.52. The minimum absolute atomic E-state index is 0.281. The molecular weight excluding hydrogens is 288 g/mol. The Kier molecular flexibility index (Phi) is 3.16. The first-order valence-electron chi connectivity index (χ1n) is 5.57. The zero-order valence-corrected chi connectivity index (χ0v) is 11.7. The van der Waals surface area contributed by atoms with Crippen LogP contribution in [0.1, 0.15) is 37.6 Å². The van der Waals surface area contributed by atoms with Gasteiger partial charge in [-0.15, -0.1) is 0 Å². The van der Waals surface area contributed by atoms with Crippen LogP contribution in [0.5, 0.6) is 5.88 Å². The second kappa shape index (κ2) is 4.33. The molecule has 0 N–H and O–H groups in total. The van der Waals surface area contributed by atoms with Crippen molar-refractivity contribution in [3.05, 3.63) is 10.2 Å². The molecule has 6 heteroatoms. The number of ether oxygens (including phenoxy) is 2. The van der Waals surface area contributed by atoms with Gasteiger partial charge in [0.1, 0.15) is 10.2 Å². The lowest BCUT2D eigenvalue weighted by molar-refractivity contribution is 0.0426. The quantitative estimate of drug-likeness (QED) is 0.787. The SMILES string of the molecule is CCOC(=O)c1c(Br)nn2c1OC(C)(C)CC2. The Morgan fingerprint density at radius 3 is 3.00 bits per heavy atom. The first kappa shape index (κ1) is 12.4. The van der Waals surface area contributed by atoms with Crippen LogP contribution in [-0.2, 0) is 11.3 Å². The molecule has 0 spiro atoms. The van der Waals surface area contributed by atoms with Gasteiger partial charge in [0, 0.05) is 13.0 Å². The van der Waals surface area contributed by atoms with Crippen LogP contribution in [0.25, 0.3) is 0 Å². The number of carbonyl (C=O) groups is 1. The normalized spacial score (nSPS) is 17.2. The zero-order chi connectivity index (χ0) is 12.6. The van der Waals surface area contributed by atoms with Crippen LogP contribution in [0.3, 0.4) is 0 Å². The molecule has 0 unspecified atom stereocenters. The summed E-state index contributed by atoms with van der Waals surface area (Å²) in [7, 11) is 0. The smallest absolute Gasteiger partial charge is 0.346 e. The van der Waals surface area contributed by atoms with Gasteiger partial charge in [0.15, 0.2) is 5.56 Å². The molecule has 5 nitrogen and oxygen atoms in total. The third-order valence-corrected chi connectivity index (χ3v) is 3.20. The third-order valence-electron chi connectivity index (χ3n) is 2.64. The van der Waals surface area contributed by atoms with Gasteiger partial charge in [-0.2, -0.15) is 5.10 Å². The van der Waals surface area contributed by atoms with Crippen LogP contribution in [0.4, 0.5) is 0 Å². The molecule has 17 heavy (non-hydrogen) atoms. The maximum atomic E-state index is 11.8. The van der Waals surface area contributed by atoms with E-state index in [1.165, 1.54) is 0 Å². The van der Waals surface area contributed by atoms with Crippen molar-refractivity contribution in [1.29, 1.82) is 0 Å². The van der Waals surface area contributed by atoms with Gasteiger partial charge in [-0.1, -0.05) is 0 Å². The van der Waals surface area contributed by atoms with Crippen LogP contribution < -0.4 is 4.74 Å². The number of esters is 1. The van der Waals surface area contributed by atoms with E-state index in [0.29, 0.717) is 22.7 Å². The molecule has 0 amide bonds. The van der Waals surface area contributed by atoms with Crippen molar-refractivity contribution < 1.29 is 14.3 Å². The summed E-state index contributed by atoms with van der Waals surface area (Å²) in [4.78, 5) is 11.8. The minimum atomic E-state index is -0.404. The molecule has 2 heterocycles. The summed E-state index contributed by atoms with van der Waals surface area (Å²) in [5.74, 6) is 0.0879. The van der Waals surface area contributed by atoms with Crippen molar-refractivity contribution in [2.45, 2.75) is 39.3 Å². The van der Waals surface area contributed by atoms with Gasteiger partial charge in [-0.25, -0.2) is 9.48 Å². The maximum Gasteiger partial charge on any atom is 0.346 e. The molecule has 2 rings (SSSR count). The number of halogens is 1. The molecule has 94 valence electrons. The summed E-state index contributed by atoms with van der Waals surface area (Å²) in [6.07, 6.45) is 0.858. The van der Waals surface area contributed by atoms with Crippen LogP contribution in [-0.4, -0.2) is 28.0 Å². The highest BCUT2D eigenvalue weighted by atomic mass is 79.9. The summed E-state index contributed by atoms with van der Waals surface area (Å²) < 4.78 is 13.0. The number of hydrogen-bond donors (Lipinski definition) is 0. The van der Waals surface area contributed by atoms with Crippen LogP contribution in [0.15, 0.2) is 4.60 Å². The van der Waals surface area contributed by atoms with E-state index >= 15 is 0 Å². The number of aryl methyl sites for hydroxylation is 1. The highest BCUT2D eigenvalue weighted by Gasteiger charge is 2.34. The van der Waals surface area contributed by atoms with Gasteiger partial charge in [0.05, 0.1) is 6.61 Å². The van der Waals surface area contributed by atoms with Gasteiger partial charge < -0.3 is 9.47 Å². The van der Waals surface area contributed by atoms with Crippen molar-refractivity contribution in [3.8, 4) is 5.88 Å². The lowest BCUT2D eigenvalue weighted by Crippen LogP contribution is -2.35. The fourth-order valence-electron chi connectivity index (χ4n) is 1.74. The van der Waals surface area contributed by atoms with Gasteiger partial charge in [0.25, 0.3) is 0 Å². The molecule has 1 aromatic rings. The van der Waals surface area contributed by atoms with Gasteiger partial charge in [-0.3, -0.25) is 0 Å².